The van der Waals surface area contributed by atoms with Crippen LogP contribution >= 0.6 is 11.8 Å². The van der Waals surface area contributed by atoms with Gasteiger partial charge >= 0.3 is 0 Å². The average molecular weight is 452 g/mol. The first kappa shape index (κ1) is 21.9. The summed E-state index contributed by atoms with van der Waals surface area (Å²) in [5.74, 6) is 1.39. The molecule has 0 radical (unpaired) electrons. The summed E-state index contributed by atoms with van der Waals surface area (Å²) in [6, 6.07) is 17.1. The molecule has 32 heavy (non-hydrogen) atoms. The van der Waals surface area contributed by atoms with Crippen molar-refractivity contribution in [3.05, 3.63) is 60.4 Å². The number of carbonyl (C=O) groups is 2. The Labute approximate surface area is 190 Å². The minimum absolute atomic E-state index is 0.0560. The Bertz CT molecular complexity index is 1100. The molecule has 0 spiro atoms. The molecule has 1 saturated carbocycles. The number of hydrogen-bond acceptors (Lipinski definition) is 6. The predicted molar refractivity (Wildman–Crippen MR) is 123 cm³/mol. The molecular weight excluding hydrogens is 426 g/mol. The summed E-state index contributed by atoms with van der Waals surface area (Å²) in [7, 11) is 1.55. The van der Waals surface area contributed by atoms with Gasteiger partial charge in [-0.3, -0.25) is 14.2 Å². The van der Waals surface area contributed by atoms with E-state index in [0.717, 1.165) is 24.4 Å². The SMILES string of the molecule is COc1ccccc1N(CCC(N)=O)C(=O)CSc1nnc(C2CC2)n1-c1ccccc1. The van der Waals surface area contributed by atoms with Gasteiger partial charge in [0.25, 0.3) is 0 Å². The van der Waals surface area contributed by atoms with Crippen LogP contribution in [0.2, 0.25) is 0 Å². The lowest BCUT2D eigenvalue weighted by Crippen LogP contribution is -2.35. The smallest absolute Gasteiger partial charge is 0.237 e. The fraction of sp³-hybridized carbons (Fsp3) is 0.304. The Morgan fingerprint density at radius 1 is 1.12 bits per heavy atom. The molecule has 1 aromatic heterocycles. The Kier molecular flexibility index (Phi) is 6.75. The van der Waals surface area contributed by atoms with E-state index in [1.807, 2.05) is 47.0 Å². The van der Waals surface area contributed by atoms with Crippen LogP contribution in [0.4, 0.5) is 5.69 Å². The number of methoxy groups -OCH3 is 1. The molecule has 0 atom stereocenters. The van der Waals surface area contributed by atoms with E-state index in [9.17, 15) is 9.59 Å². The molecule has 166 valence electrons. The van der Waals surface area contributed by atoms with Gasteiger partial charge in [0.05, 0.1) is 18.6 Å². The van der Waals surface area contributed by atoms with Crippen LogP contribution in [-0.2, 0) is 9.59 Å². The van der Waals surface area contributed by atoms with E-state index in [-0.39, 0.29) is 24.6 Å². The number of nitrogens with zero attached hydrogens (tertiary/aromatic N) is 4. The first-order chi connectivity index (χ1) is 15.6. The molecule has 1 aliphatic rings. The Morgan fingerprint density at radius 3 is 2.53 bits per heavy atom. The van der Waals surface area contributed by atoms with Crippen molar-refractivity contribution in [2.24, 2.45) is 5.73 Å². The third kappa shape index (κ3) is 4.94. The zero-order chi connectivity index (χ0) is 22.5. The van der Waals surface area contributed by atoms with Gasteiger partial charge in [0, 0.05) is 24.6 Å². The highest BCUT2D eigenvalue weighted by molar-refractivity contribution is 7.99. The number of anilines is 1. The lowest BCUT2D eigenvalue weighted by atomic mass is 10.2. The van der Waals surface area contributed by atoms with Crippen molar-refractivity contribution in [2.45, 2.75) is 30.3 Å². The van der Waals surface area contributed by atoms with Gasteiger partial charge in [0.1, 0.15) is 11.6 Å². The molecule has 0 bridgehead atoms. The molecule has 2 aromatic carbocycles. The minimum atomic E-state index is -0.469. The lowest BCUT2D eigenvalue weighted by molar-refractivity contribution is -0.118. The van der Waals surface area contributed by atoms with E-state index in [0.29, 0.717) is 22.5 Å². The van der Waals surface area contributed by atoms with E-state index in [1.165, 1.54) is 11.8 Å². The first-order valence-corrected chi connectivity index (χ1v) is 11.4. The summed E-state index contributed by atoms with van der Waals surface area (Å²) in [6.07, 6.45) is 2.26. The molecule has 3 aromatic rings. The highest BCUT2D eigenvalue weighted by atomic mass is 32.2. The fourth-order valence-electron chi connectivity index (χ4n) is 3.46. The number of rotatable bonds is 10. The molecule has 9 heteroatoms. The van der Waals surface area contributed by atoms with E-state index < -0.39 is 5.91 Å². The zero-order valence-electron chi connectivity index (χ0n) is 17.8. The first-order valence-electron chi connectivity index (χ1n) is 10.4. The monoisotopic (exact) mass is 451 g/mol. The quantitative estimate of drug-likeness (QED) is 0.475. The van der Waals surface area contributed by atoms with E-state index >= 15 is 0 Å². The zero-order valence-corrected chi connectivity index (χ0v) is 18.6. The van der Waals surface area contributed by atoms with Crippen molar-refractivity contribution >= 4 is 29.3 Å². The van der Waals surface area contributed by atoms with Crippen LogP contribution in [0.5, 0.6) is 5.75 Å². The summed E-state index contributed by atoms with van der Waals surface area (Å²) in [5.41, 5.74) is 6.92. The molecule has 0 saturated heterocycles. The van der Waals surface area contributed by atoms with Crippen molar-refractivity contribution < 1.29 is 14.3 Å². The van der Waals surface area contributed by atoms with E-state index in [4.69, 9.17) is 10.5 Å². The molecule has 1 aliphatic carbocycles. The maximum Gasteiger partial charge on any atom is 0.237 e. The number of benzene rings is 2. The average Bonchev–Trinajstić information content (AvgIpc) is 3.57. The summed E-state index contributed by atoms with van der Waals surface area (Å²) < 4.78 is 7.45. The molecule has 0 unspecified atom stereocenters. The number of thioether (sulfide) groups is 1. The van der Waals surface area contributed by atoms with Gasteiger partial charge in [0.15, 0.2) is 5.16 Å². The van der Waals surface area contributed by atoms with Crippen molar-refractivity contribution in [1.82, 2.24) is 14.8 Å². The minimum Gasteiger partial charge on any atom is -0.495 e. The van der Waals surface area contributed by atoms with Crippen LogP contribution in [0, 0.1) is 0 Å². The molecule has 0 aliphatic heterocycles. The van der Waals surface area contributed by atoms with Crippen molar-refractivity contribution in [3.63, 3.8) is 0 Å². The molecule has 2 N–H and O–H groups in total. The number of primary amides is 1. The maximum atomic E-state index is 13.2. The van der Waals surface area contributed by atoms with Crippen LogP contribution in [-0.4, -0.2) is 46.0 Å². The predicted octanol–water partition coefficient (Wildman–Crippen LogP) is 3.15. The maximum absolute atomic E-state index is 13.2. The number of ether oxygens (including phenoxy) is 1. The fourth-order valence-corrected chi connectivity index (χ4v) is 4.29. The molecule has 8 nitrogen and oxygen atoms in total. The number of para-hydroxylation sites is 3. The molecule has 1 fully saturated rings. The van der Waals surface area contributed by atoms with Crippen LogP contribution in [0.3, 0.4) is 0 Å². The normalized spacial score (nSPS) is 13.0. The Balaban J connectivity index is 1.56. The lowest BCUT2D eigenvalue weighted by Gasteiger charge is -2.24. The van der Waals surface area contributed by atoms with Gasteiger partial charge < -0.3 is 15.4 Å². The summed E-state index contributed by atoms with van der Waals surface area (Å²) in [6.45, 7) is 0.174. The number of hydrogen-bond donors (Lipinski definition) is 1. The third-order valence-electron chi connectivity index (χ3n) is 5.20. The van der Waals surface area contributed by atoms with Gasteiger partial charge in [0.2, 0.25) is 11.8 Å². The van der Waals surface area contributed by atoms with Crippen molar-refractivity contribution in [2.75, 3.05) is 24.3 Å². The summed E-state index contributed by atoms with van der Waals surface area (Å²) >= 11 is 1.33. The van der Waals surface area contributed by atoms with Gasteiger partial charge in [-0.25, -0.2) is 0 Å². The largest absolute Gasteiger partial charge is 0.495 e. The standard InChI is InChI=1S/C23H25N5O3S/c1-31-19-10-6-5-9-18(19)27(14-13-20(24)29)21(30)15-32-23-26-25-22(16-11-12-16)28(23)17-7-3-2-4-8-17/h2-10,16H,11-15H2,1H3,(H2,24,29). The highest BCUT2D eigenvalue weighted by Crippen LogP contribution is 2.41. The number of nitrogens with two attached hydrogens (primary N) is 1. The third-order valence-corrected chi connectivity index (χ3v) is 6.11. The summed E-state index contributed by atoms with van der Waals surface area (Å²) in [5, 5.41) is 9.45. The van der Waals surface area contributed by atoms with Crippen LogP contribution < -0.4 is 15.4 Å². The topological polar surface area (TPSA) is 103 Å². The second-order valence-electron chi connectivity index (χ2n) is 7.51. The van der Waals surface area contributed by atoms with Gasteiger partial charge in [-0.1, -0.05) is 42.1 Å². The van der Waals surface area contributed by atoms with Crippen molar-refractivity contribution in [1.29, 1.82) is 0 Å². The molecule has 2 amide bonds. The second kappa shape index (κ2) is 9.86. The van der Waals surface area contributed by atoms with Gasteiger partial charge in [-0.05, 0) is 37.1 Å². The number of aromatic nitrogens is 3. The second-order valence-corrected chi connectivity index (χ2v) is 8.45. The van der Waals surface area contributed by atoms with Gasteiger partial charge in [-0.2, -0.15) is 0 Å². The van der Waals surface area contributed by atoms with Gasteiger partial charge in [-0.15, -0.1) is 10.2 Å². The van der Waals surface area contributed by atoms with E-state index in [2.05, 4.69) is 10.2 Å². The number of amides is 2. The van der Waals surface area contributed by atoms with Crippen molar-refractivity contribution in [3.8, 4) is 11.4 Å². The molecule has 1 heterocycles. The summed E-state index contributed by atoms with van der Waals surface area (Å²) in [4.78, 5) is 26.2. The Morgan fingerprint density at radius 2 is 1.84 bits per heavy atom. The highest BCUT2D eigenvalue weighted by Gasteiger charge is 2.31. The Hall–Kier alpha value is -3.33. The number of carbonyl (C=O) groups excluding carboxylic acids is 2. The molecular formula is C23H25N5O3S. The van der Waals surface area contributed by atoms with Crippen LogP contribution in [0.15, 0.2) is 59.8 Å². The van der Waals surface area contributed by atoms with E-state index in [1.54, 1.807) is 24.1 Å². The van der Waals surface area contributed by atoms with Crippen LogP contribution in [0.1, 0.15) is 31.0 Å². The van der Waals surface area contributed by atoms with Crippen LogP contribution in [0.25, 0.3) is 5.69 Å². The molecule has 4 rings (SSSR count).